The van der Waals surface area contributed by atoms with Crippen molar-refractivity contribution in [1.82, 2.24) is 0 Å². The standard InChI is InChI=1S/C15H22N4/c1-11(18-19-15(16)17)12-7-9-14(10-8-12)13-5-3-2-4-6-13/h7-10,13H,2-6H2,1H3,(H4,16,17,19)/p+1/b18-11-. The normalized spacial score (nSPS) is 17.2. The van der Waals surface area contributed by atoms with Gasteiger partial charge in [0.1, 0.15) is 0 Å². The Balaban J connectivity index is 2.09. The fourth-order valence-electron chi connectivity index (χ4n) is 2.65. The third-order valence-corrected chi connectivity index (χ3v) is 3.76. The number of guanidine groups is 1. The molecule has 2 rings (SSSR count). The molecule has 4 heteroatoms. The molecule has 0 atom stereocenters. The number of hydrazone groups is 1. The lowest BCUT2D eigenvalue weighted by atomic mass is 9.84. The Kier molecular flexibility index (Phi) is 4.55. The molecule has 19 heavy (non-hydrogen) atoms. The van der Waals surface area contributed by atoms with Crippen molar-refractivity contribution in [3.63, 3.8) is 0 Å². The Hall–Kier alpha value is -1.84. The predicted molar refractivity (Wildman–Crippen MR) is 78.8 cm³/mol. The molecule has 0 bridgehead atoms. The van der Waals surface area contributed by atoms with Crippen molar-refractivity contribution in [2.75, 3.05) is 0 Å². The van der Waals surface area contributed by atoms with Crippen molar-refractivity contribution in [3.05, 3.63) is 35.4 Å². The minimum atomic E-state index is 0.109. The lowest BCUT2D eigenvalue weighted by Gasteiger charge is -2.22. The quantitative estimate of drug-likeness (QED) is 0.427. The van der Waals surface area contributed by atoms with Crippen molar-refractivity contribution in [2.45, 2.75) is 44.9 Å². The van der Waals surface area contributed by atoms with E-state index >= 15 is 0 Å². The summed E-state index contributed by atoms with van der Waals surface area (Å²) in [6.07, 6.45) is 6.77. The number of hydrogen-bond acceptors (Lipinski definition) is 1. The summed E-state index contributed by atoms with van der Waals surface area (Å²) >= 11 is 0. The van der Waals surface area contributed by atoms with Gasteiger partial charge in [-0.2, -0.15) is 5.10 Å². The molecule has 102 valence electrons. The second-order valence-electron chi connectivity index (χ2n) is 5.22. The van der Waals surface area contributed by atoms with Gasteiger partial charge < -0.3 is 0 Å². The van der Waals surface area contributed by atoms with E-state index in [4.69, 9.17) is 11.5 Å². The maximum atomic E-state index is 5.32. The molecule has 0 amide bonds. The number of benzene rings is 1. The van der Waals surface area contributed by atoms with Gasteiger partial charge in [-0.05, 0) is 36.8 Å². The molecule has 0 unspecified atom stereocenters. The summed E-state index contributed by atoms with van der Waals surface area (Å²) in [4.78, 5) is 0. The van der Waals surface area contributed by atoms with Crippen LogP contribution in [0.2, 0.25) is 0 Å². The molecule has 0 heterocycles. The summed E-state index contributed by atoms with van der Waals surface area (Å²) in [6, 6.07) is 8.69. The molecule has 0 aliphatic heterocycles. The van der Waals surface area contributed by atoms with Crippen molar-refractivity contribution >= 4 is 11.7 Å². The first-order chi connectivity index (χ1) is 9.16. The topological polar surface area (TPSA) is 78.4 Å². The second-order valence-corrected chi connectivity index (χ2v) is 5.22. The largest absolute Gasteiger partial charge is 0.362 e. The van der Waals surface area contributed by atoms with Gasteiger partial charge in [-0.25, -0.2) is 0 Å². The fraction of sp³-hybridized carbons (Fsp3) is 0.467. The molecule has 1 aromatic carbocycles. The molecule has 1 aromatic rings. The zero-order valence-electron chi connectivity index (χ0n) is 11.5. The van der Waals surface area contributed by atoms with Gasteiger partial charge in [0.05, 0.1) is 5.71 Å². The highest BCUT2D eigenvalue weighted by atomic mass is 15.3. The maximum Gasteiger partial charge on any atom is 0.362 e. The molecule has 1 fully saturated rings. The molecular weight excluding hydrogens is 236 g/mol. The second kappa shape index (κ2) is 6.36. The molecule has 0 aromatic heterocycles. The lowest BCUT2D eigenvalue weighted by Crippen LogP contribution is -2.72. The predicted octanol–water partition coefficient (Wildman–Crippen LogP) is 0.812. The van der Waals surface area contributed by atoms with Gasteiger partial charge in [-0.3, -0.25) is 11.5 Å². The Morgan fingerprint density at radius 2 is 1.74 bits per heavy atom. The van der Waals surface area contributed by atoms with E-state index in [9.17, 15) is 0 Å². The van der Waals surface area contributed by atoms with Crippen LogP contribution in [0.5, 0.6) is 0 Å². The number of nitrogens with zero attached hydrogens (tertiary/aromatic N) is 1. The highest BCUT2D eigenvalue weighted by Crippen LogP contribution is 2.32. The molecule has 0 saturated heterocycles. The van der Waals surface area contributed by atoms with Gasteiger partial charge >= 0.3 is 5.96 Å². The van der Waals surface area contributed by atoms with E-state index < -0.39 is 0 Å². The van der Waals surface area contributed by atoms with Crippen LogP contribution in [0.1, 0.15) is 56.1 Å². The van der Waals surface area contributed by atoms with E-state index in [-0.39, 0.29) is 5.96 Å². The first-order valence-electron chi connectivity index (χ1n) is 6.95. The van der Waals surface area contributed by atoms with Crippen LogP contribution in [0, 0.1) is 0 Å². The van der Waals surface area contributed by atoms with Crippen LogP contribution in [0.15, 0.2) is 29.4 Å². The minimum absolute atomic E-state index is 0.109. The van der Waals surface area contributed by atoms with Crippen molar-refractivity contribution in [2.24, 2.45) is 16.6 Å². The highest BCUT2D eigenvalue weighted by molar-refractivity contribution is 5.98. The van der Waals surface area contributed by atoms with Gasteiger partial charge in [0, 0.05) is 0 Å². The summed E-state index contributed by atoms with van der Waals surface area (Å²) in [7, 11) is 0. The van der Waals surface area contributed by atoms with E-state index in [2.05, 4.69) is 34.5 Å². The van der Waals surface area contributed by atoms with Crippen LogP contribution < -0.4 is 16.6 Å². The molecule has 5 N–H and O–H groups in total. The monoisotopic (exact) mass is 259 g/mol. The first kappa shape index (κ1) is 13.6. The average Bonchev–Trinajstić information content (AvgIpc) is 2.46. The molecule has 1 saturated carbocycles. The maximum absolute atomic E-state index is 5.32. The molecule has 0 spiro atoms. The van der Waals surface area contributed by atoms with E-state index in [1.54, 1.807) is 0 Å². The van der Waals surface area contributed by atoms with E-state index in [1.165, 1.54) is 37.7 Å². The van der Waals surface area contributed by atoms with Gasteiger partial charge in [-0.1, -0.05) is 43.5 Å². The van der Waals surface area contributed by atoms with Crippen molar-refractivity contribution < 1.29 is 5.10 Å². The van der Waals surface area contributed by atoms with Crippen LogP contribution >= 0.6 is 0 Å². The third kappa shape index (κ3) is 3.81. The number of nitrogens with one attached hydrogen (secondary N) is 1. The number of nitrogens with two attached hydrogens (primary N) is 2. The van der Waals surface area contributed by atoms with Gasteiger partial charge in [-0.15, -0.1) is 5.10 Å². The SMILES string of the molecule is C/C(=N/[NH+]=C(N)N)c1ccc(C2CCCCC2)cc1. The Bertz CT molecular complexity index is 463. The summed E-state index contributed by atoms with van der Waals surface area (Å²) in [5.41, 5.74) is 14.1. The van der Waals surface area contributed by atoms with E-state index in [0.29, 0.717) is 0 Å². The van der Waals surface area contributed by atoms with Crippen LogP contribution in [-0.2, 0) is 0 Å². The Morgan fingerprint density at radius 3 is 2.32 bits per heavy atom. The molecular formula is C15H23N4+. The van der Waals surface area contributed by atoms with Gasteiger partial charge in [0.2, 0.25) is 0 Å². The van der Waals surface area contributed by atoms with Gasteiger partial charge in [0.15, 0.2) is 0 Å². The summed E-state index contributed by atoms with van der Waals surface area (Å²) in [5.74, 6) is 0.851. The van der Waals surface area contributed by atoms with Crippen LogP contribution in [0.25, 0.3) is 0 Å². The summed E-state index contributed by atoms with van der Waals surface area (Å²) in [5, 5.41) is 6.70. The van der Waals surface area contributed by atoms with Crippen molar-refractivity contribution in [1.29, 1.82) is 0 Å². The zero-order valence-corrected chi connectivity index (χ0v) is 11.5. The van der Waals surface area contributed by atoms with Crippen LogP contribution in [0.3, 0.4) is 0 Å². The summed E-state index contributed by atoms with van der Waals surface area (Å²) < 4.78 is 0. The average molecular weight is 259 g/mol. The third-order valence-electron chi connectivity index (χ3n) is 3.76. The zero-order chi connectivity index (χ0) is 13.7. The Labute approximate surface area is 114 Å². The summed E-state index contributed by atoms with van der Waals surface area (Å²) in [6.45, 7) is 1.94. The minimum Gasteiger partial charge on any atom is -0.289 e. The number of hydrogen-bond donors (Lipinski definition) is 3. The molecule has 1 aliphatic carbocycles. The van der Waals surface area contributed by atoms with E-state index in [1.807, 2.05) is 6.92 Å². The fourth-order valence-corrected chi connectivity index (χ4v) is 2.65. The molecule has 1 aliphatic rings. The van der Waals surface area contributed by atoms with E-state index in [0.717, 1.165) is 17.2 Å². The lowest BCUT2D eigenvalue weighted by molar-refractivity contribution is -0.464. The first-order valence-corrected chi connectivity index (χ1v) is 6.95. The van der Waals surface area contributed by atoms with Gasteiger partial charge in [0.25, 0.3) is 0 Å². The molecule has 0 radical (unpaired) electrons. The number of rotatable bonds is 3. The Morgan fingerprint density at radius 1 is 1.11 bits per heavy atom. The molecule has 4 nitrogen and oxygen atoms in total. The van der Waals surface area contributed by atoms with Crippen molar-refractivity contribution in [3.8, 4) is 0 Å². The van der Waals surface area contributed by atoms with Crippen LogP contribution in [0.4, 0.5) is 0 Å². The smallest absolute Gasteiger partial charge is 0.289 e. The highest BCUT2D eigenvalue weighted by Gasteiger charge is 2.15. The van der Waals surface area contributed by atoms with Crippen LogP contribution in [-0.4, -0.2) is 11.7 Å².